The minimum Gasteiger partial charge on any atom is -0.418 e. The van der Waals surface area contributed by atoms with Crippen molar-refractivity contribution in [1.82, 2.24) is 29.5 Å². The predicted molar refractivity (Wildman–Crippen MR) is 113 cm³/mol. The molecule has 154 valence electrons. The van der Waals surface area contributed by atoms with E-state index in [2.05, 4.69) is 56.5 Å². The summed E-state index contributed by atoms with van der Waals surface area (Å²) in [5, 5.41) is 9.36. The van der Waals surface area contributed by atoms with Crippen LogP contribution >= 0.6 is 11.6 Å². The summed E-state index contributed by atoms with van der Waals surface area (Å²) >= 11 is 6.47. The minimum atomic E-state index is 0.473. The van der Waals surface area contributed by atoms with Gasteiger partial charge in [-0.15, -0.1) is 10.2 Å². The van der Waals surface area contributed by atoms with Gasteiger partial charge >= 0.3 is 0 Å². The second-order valence-corrected chi connectivity index (χ2v) is 8.00. The molecule has 1 aliphatic heterocycles. The smallest absolute Gasteiger partial charge is 0.268 e. The SMILES string of the molecule is CCCN(CCC)Cc1nnc(-c2ncn3c2CN(C)Cc2c(Cl)cccc2-3)o1. The van der Waals surface area contributed by atoms with Crippen LogP contribution < -0.4 is 0 Å². The molecular weight excluding hydrogens is 388 g/mol. The van der Waals surface area contributed by atoms with Crippen molar-refractivity contribution in [3.63, 3.8) is 0 Å². The normalized spacial score (nSPS) is 14.1. The second kappa shape index (κ2) is 8.65. The van der Waals surface area contributed by atoms with Gasteiger partial charge in [0.25, 0.3) is 5.89 Å². The van der Waals surface area contributed by atoms with Crippen LogP contribution in [0.3, 0.4) is 0 Å². The van der Waals surface area contributed by atoms with Crippen LogP contribution in [0.2, 0.25) is 5.02 Å². The number of aromatic nitrogens is 4. The molecule has 0 saturated carbocycles. The average molecular weight is 415 g/mol. The maximum Gasteiger partial charge on any atom is 0.268 e. The van der Waals surface area contributed by atoms with E-state index in [4.69, 9.17) is 16.0 Å². The molecule has 0 saturated heterocycles. The summed E-state index contributed by atoms with van der Waals surface area (Å²) < 4.78 is 8.11. The zero-order valence-electron chi connectivity index (χ0n) is 17.2. The zero-order valence-corrected chi connectivity index (χ0v) is 18.0. The minimum absolute atomic E-state index is 0.473. The Morgan fingerprint density at radius 1 is 1.14 bits per heavy atom. The number of nitrogens with zero attached hydrogens (tertiary/aromatic N) is 6. The van der Waals surface area contributed by atoms with Crippen LogP contribution in [0.4, 0.5) is 0 Å². The third-order valence-electron chi connectivity index (χ3n) is 5.18. The van der Waals surface area contributed by atoms with Gasteiger partial charge in [-0.05, 0) is 45.1 Å². The second-order valence-electron chi connectivity index (χ2n) is 7.60. The van der Waals surface area contributed by atoms with Crippen LogP contribution in [-0.4, -0.2) is 49.7 Å². The Balaban J connectivity index is 1.66. The summed E-state index contributed by atoms with van der Waals surface area (Å²) in [6, 6.07) is 5.97. The first-order chi connectivity index (χ1) is 14.1. The Morgan fingerprint density at radius 2 is 1.93 bits per heavy atom. The average Bonchev–Trinajstić information content (AvgIpc) is 3.27. The molecule has 0 spiro atoms. The Hall–Kier alpha value is -2.22. The van der Waals surface area contributed by atoms with Crippen molar-refractivity contribution in [2.75, 3.05) is 20.1 Å². The van der Waals surface area contributed by atoms with E-state index in [1.165, 1.54) is 0 Å². The van der Waals surface area contributed by atoms with E-state index in [1.54, 1.807) is 0 Å². The highest BCUT2D eigenvalue weighted by Crippen LogP contribution is 2.32. The molecule has 29 heavy (non-hydrogen) atoms. The molecular formula is C21H27ClN6O. The lowest BCUT2D eigenvalue weighted by molar-refractivity contribution is 0.240. The van der Waals surface area contributed by atoms with Crippen LogP contribution in [0.5, 0.6) is 0 Å². The number of imidazole rings is 1. The quantitative estimate of drug-likeness (QED) is 0.578. The number of halogens is 1. The molecule has 4 rings (SSSR count). The first kappa shape index (κ1) is 20.1. The van der Waals surface area contributed by atoms with E-state index in [0.717, 1.165) is 66.7 Å². The van der Waals surface area contributed by atoms with E-state index >= 15 is 0 Å². The van der Waals surface area contributed by atoms with E-state index < -0.39 is 0 Å². The van der Waals surface area contributed by atoms with Gasteiger partial charge in [-0.1, -0.05) is 31.5 Å². The Bertz CT molecular complexity index is 975. The highest BCUT2D eigenvalue weighted by molar-refractivity contribution is 6.31. The molecule has 7 nitrogen and oxygen atoms in total. The summed E-state index contributed by atoms with van der Waals surface area (Å²) in [7, 11) is 2.08. The fourth-order valence-electron chi connectivity index (χ4n) is 3.93. The molecule has 3 aromatic rings. The fraction of sp³-hybridized carbons (Fsp3) is 0.476. The van der Waals surface area contributed by atoms with E-state index in [0.29, 0.717) is 18.3 Å². The Morgan fingerprint density at radius 3 is 2.69 bits per heavy atom. The standard InChI is InChI=1S/C21H27ClN6O/c1-4-9-27(10-5-2)13-19-24-25-21(29-19)20-18-12-26(3)11-15-16(22)7-6-8-17(15)28(18)14-23-20/h6-8,14H,4-5,9-13H2,1-3H3. The van der Waals surface area contributed by atoms with Crippen LogP contribution in [0.15, 0.2) is 28.9 Å². The van der Waals surface area contributed by atoms with Crippen molar-refractivity contribution in [3.8, 4) is 17.3 Å². The summed E-state index contributed by atoms with van der Waals surface area (Å²) in [5.74, 6) is 1.11. The Labute approximate surface area is 176 Å². The van der Waals surface area contributed by atoms with E-state index in [9.17, 15) is 0 Å². The number of benzene rings is 1. The molecule has 0 N–H and O–H groups in total. The third kappa shape index (κ3) is 4.08. The van der Waals surface area contributed by atoms with Crippen LogP contribution in [0.1, 0.15) is 43.8 Å². The molecule has 0 atom stereocenters. The van der Waals surface area contributed by atoms with Gasteiger partial charge < -0.3 is 8.98 Å². The molecule has 0 unspecified atom stereocenters. The van der Waals surface area contributed by atoms with Gasteiger partial charge in [-0.25, -0.2) is 4.98 Å². The maximum absolute atomic E-state index is 6.47. The van der Waals surface area contributed by atoms with Crippen LogP contribution in [0, 0.1) is 0 Å². The van der Waals surface area contributed by atoms with Crippen molar-refractivity contribution in [2.45, 2.75) is 46.3 Å². The molecule has 0 bridgehead atoms. The van der Waals surface area contributed by atoms with Crippen molar-refractivity contribution >= 4 is 11.6 Å². The predicted octanol–water partition coefficient (Wildman–Crippen LogP) is 4.14. The summed E-state index contributed by atoms with van der Waals surface area (Å²) in [6.07, 6.45) is 4.02. The highest BCUT2D eigenvalue weighted by Gasteiger charge is 2.25. The molecule has 1 aliphatic rings. The molecule has 8 heteroatoms. The monoisotopic (exact) mass is 414 g/mol. The highest BCUT2D eigenvalue weighted by atomic mass is 35.5. The first-order valence-electron chi connectivity index (χ1n) is 10.2. The summed E-state index contributed by atoms with van der Waals surface area (Å²) in [4.78, 5) is 9.18. The number of fused-ring (bicyclic) bond motifs is 3. The van der Waals surface area contributed by atoms with Gasteiger partial charge in [0.1, 0.15) is 6.33 Å². The molecule has 2 aromatic heterocycles. The van der Waals surface area contributed by atoms with E-state index in [-0.39, 0.29) is 0 Å². The largest absolute Gasteiger partial charge is 0.418 e. The van der Waals surface area contributed by atoms with Gasteiger partial charge in [0, 0.05) is 23.7 Å². The van der Waals surface area contributed by atoms with Gasteiger partial charge in [0.15, 0.2) is 5.69 Å². The number of hydrogen-bond acceptors (Lipinski definition) is 6. The number of rotatable bonds is 7. The molecule has 0 aliphatic carbocycles. The molecule has 0 radical (unpaired) electrons. The van der Waals surface area contributed by atoms with Crippen LogP contribution in [-0.2, 0) is 19.6 Å². The topological polar surface area (TPSA) is 63.2 Å². The molecule has 3 heterocycles. The Kier molecular flexibility index (Phi) is 5.99. The maximum atomic E-state index is 6.47. The summed E-state index contributed by atoms with van der Waals surface area (Å²) in [5.41, 5.74) is 3.91. The lowest BCUT2D eigenvalue weighted by Gasteiger charge is -2.18. The number of hydrogen-bond donors (Lipinski definition) is 0. The van der Waals surface area contributed by atoms with Crippen molar-refractivity contribution in [1.29, 1.82) is 0 Å². The third-order valence-corrected chi connectivity index (χ3v) is 5.53. The van der Waals surface area contributed by atoms with Gasteiger partial charge in [0.2, 0.25) is 5.89 Å². The van der Waals surface area contributed by atoms with Crippen LogP contribution in [0.25, 0.3) is 17.3 Å². The van der Waals surface area contributed by atoms with Gasteiger partial charge in [0.05, 0.1) is 17.9 Å². The van der Waals surface area contributed by atoms with Gasteiger partial charge in [-0.3, -0.25) is 9.80 Å². The van der Waals surface area contributed by atoms with E-state index in [1.807, 2.05) is 18.5 Å². The van der Waals surface area contributed by atoms with Crippen molar-refractivity contribution < 1.29 is 4.42 Å². The van der Waals surface area contributed by atoms with Gasteiger partial charge in [-0.2, -0.15) is 0 Å². The zero-order chi connectivity index (χ0) is 20.4. The molecule has 1 aromatic carbocycles. The lowest BCUT2D eigenvalue weighted by Crippen LogP contribution is -2.25. The molecule has 0 fully saturated rings. The molecule has 0 amide bonds. The first-order valence-corrected chi connectivity index (χ1v) is 10.6. The van der Waals surface area contributed by atoms with Crippen molar-refractivity contribution in [3.05, 3.63) is 46.7 Å². The van der Waals surface area contributed by atoms with Crippen molar-refractivity contribution in [2.24, 2.45) is 0 Å². The lowest BCUT2D eigenvalue weighted by atomic mass is 10.1. The summed E-state index contributed by atoms with van der Waals surface area (Å²) in [6.45, 7) is 8.57. The fourth-order valence-corrected chi connectivity index (χ4v) is 4.16.